The summed E-state index contributed by atoms with van der Waals surface area (Å²) in [4.78, 5) is 15.9. The second kappa shape index (κ2) is 7.50. The van der Waals surface area contributed by atoms with Crippen LogP contribution in [-0.2, 0) is 6.54 Å². The van der Waals surface area contributed by atoms with E-state index in [-0.39, 0.29) is 0 Å². The van der Waals surface area contributed by atoms with Crippen molar-refractivity contribution >= 4 is 28.8 Å². The molecule has 114 valence electrons. The van der Waals surface area contributed by atoms with Crippen LogP contribution in [0.5, 0.6) is 0 Å². The molecule has 1 N–H and O–H groups in total. The average Bonchev–Trinajstić information content (AvgIpc) is 2.78. The van der Waals surface area contributed by atoms with Crippen LogP contribution in [0, 0.1) is 6.92 Å². The Hall–Kier alpha value is -1.49. The van der Waals surface area contributed by atoms with Crippen molar-refractivity contribution in [1.29, 1.82) is 0 Å². The molecule has 0 spiro atoms. The van der Waals surface area contributed by atoms with Crippen molar-refractivity contribution < 1.29 is 9.90 Å². The standard InChI is InChI=1S/C16H22N2O2S/c1-12-17-14-9-7-8-13(16(19)20)15(14)18(12)10-5-3-4-6-11-21-2/h7-9H,3-6,10-11H2,1-2H3,(H,19,20). The van der Waals surface area contributed by atoms with Crippen LogP contribution in [0.4, 0.5) is 0 Å². The van der Waals surface area contributed by atoms with E-state index in [4.69, 9.17) is 0 Å². The molecular formula is C16H22N2O2S. The number of hydrogen-bond acceptors (Lipinski definition) is 3. The van der Waals surface area contributed by atoms with Gasteiger partial charge in [0.1, 0.15) is 5.82 Å². The number of rotatable bonds is 8. The molecule has 0 bridgehead atoms. The van der Waals surface area contributed by atoms with Gasteiger partial charge in [-0.3, -0.25) is 0 Å². The van der Waals surface area contributed by atoms with Crippen LogP contribution in [0.1, 0.15) is 41.9 Å². The number of unbranched alkanes of at least 4 members (excludes halogenated alkanes) is 3. The molecule has 0 radical (unpaired) electrons. The number of benzene rings is 1. The average molecular weight is 306 g/mol. The Morgan fingerprint density at radius 3 is 2.76 bits per heavy atom. The smallest absolute Gasteiger partial charge is 0.337 e. The summed E-state index contributed by atoms with van der Waals surface area (Å²) in [5.74, 6) is 1.22. The fourth-order valence-corrected chi connectivity index (χ4v) is 3.11. The number of nitrogens with zero attached hydrogens (tertiary/aromatic N) is 2. The Morgan fingerprint density at radius 1 is 1.29 bits per heavy atom. The number of thioether (sulfide) groups is 1. The van der Waals surface area contributed by atoms with E-state index in [1.165, 1.54) is 25.0 Å². The highest BCUT2D eigenvalue weighted by Gasteiger charge is 2.15. The van der Waals surface area contributed by atoms with Crippen molar-refractivity contribution in [3.8, 4) is 0 Å². The van der Waals surface area contributed by atoms with Gasteiger partial charge in [-0.2, -0.15) is 11.8 Å². The number of carboxylic acid groups (broad SMARTS) is 1. The Morgan fingerprint density at radius 2 is 2.05 bits per heavy atom. The Bertz CT molecular complexity index is 622. The van der Waals surface area contributed by atoms with Gasteiger partial charge in [-0.1, -0.05) is 18.9 Å². The zero-order valence-corrected chi connectivity index (χ0v) is 13.4. The van der Waals surface area contributed by atoms with E-state index in [2.05, 4.69) is 11.2 Å². The second-order valence-electron chi connectivity index (χ2n) is 5.20. The van der Waals surface area contributed by atoms with Crippen molar-refractivity contribution in [3.05, 3.63) is 29.6 Å². The molecular weight excluding hydrogens is 284 g/mol. The number of carbonyl (C=O) groups is 1. The lowest BCUT2D eigenvalue weighted by Gasteiger charge is -2.08. The van der Waals surface area contributed by atoms with E-state index in [1.807, 2.05) is 29.3 Å². The first-order valence-corrected chi connectivity index (χ1v) is 8.72. The first kappa shape index (κ1) is 15.9. The quantitative estimate of drug-likeness (QED) is 0.750. The maximum absolute atomic E-state index is 11.4. The first-order chi connectivity index (χ1) is 10.1. The Kier molecular flexibility index (Phi) is 5.67. The molecule has 2 rings (SSSR count). The summed E-state index contributed by atoms with van der Waals surface area (Å²) >= 11 is 1.89. The number of imidazole rings is 1. The third-order valence-electron chi connectivity index (χ3n) is 3.67. The van der Waals surface area contributed by atoms with Gasteiger partial charge in [0.25, 0.3) is 0 Å². The molecule has 1 aromatic carbocycles. The van der Waals surface area contributed by atoms with Crippen molar-refractivity contribution in [2.45, 2.75) is 39.2 Å². The molecule has 0 saturated heterocycles. The number of carboxylic acids is 1. The normalized spacial score (nSPS) is 11.1. The minimum absolute atomic E-state index is 0.343. The monoisotopic (exact) mass is 306 g/mol. The molecule has 0 aliphatic heterocycles. The van der Waals surface area contributed by atoms with Crippen LogP contribution in [0.2, 0.25) is 0 Å². The molecule has 4 nitrogen and oxygen atoms in total. The molecule has 0 unspecified atom stereocenters. The SMILES string of the molecule is CSCCCCCCn1c(C)nc2cccc(C(=O)O)c21. The van der Waals surface area contributed by atoms with E-state index in [9.17, 15) is 9.90 Å². The molecule has 1 heterocycles. The molecule has 0 fully saturated rings. The van der Waals surface area contributed by atoms with Crippen molar-refractivity contribution in [3.63, 3.8) is 0 Å². The number of fused-ring (bicyclic) bond motifs is 1. The molecule has 0 atom stereocenters. The largest absolute Gasteiger partial charge is 0.478 e. The Balaban J connectivity index is 2.12. The summed E-state index contributed by atoms with van der Waals surface area (Å²) < 4.78 is 2.05. The van der Waals surface area contributed by atoms with Crippen molar-refractivity contribution in [1.82, 2.24) is 9.55 Å². The van der Waals surface area contributed by atoms with E-state index in [0.717, 1.165) is 29.8 Å². The van der Waals surface area contributed by atoms with Crippen LogP contribution in [0.25, 0.3) is 11.0 Å². The third kappa shape index (κ3) is 3.79. The summed E-state index contributed by atoms with van der Waals surface area (Å²) in [5, 5.41) is 9.34. The summed E-state index contributed by atoms with van der Waals surface area (Å²) in [7, 11) is 0. The van der Waals surface area contributed by atoms with Gasteiger partial charge < -0.3 is 9.67 Å². The highest BCUT2D eigenvalue weighted by Crippen LogP contribution is 2.21. The predicted octanol–water partition coefficient (Wildman–Crippen LogP) is 3.97. The summed E-state index contributed by atoms with van der Waals surface area (Å²) in [6, 6.07) is 5.29. The van der Waals surface area contributed by atoms with E-state index >= 15 is 0 Å². The second-order valence-corrected chi connectivity index (χ2v) is 6.18. The number of aromatic nitrogens is 2. The van der Waals surface area contributed by atoms with Crippen LogP contribution >= 0.6 is 11.8 Å². The van der Waals surface area contributed by atoms with Gasteiger partial charge in [0.15, 0.2) is 0 Å². The molecule has 0 amide bonds. The lowest BCUT2D eigenvalue weighted by atomic mass is 10.1. The summed E-state index contributed by atoms with van der Waals surface area (Å²) in [5.41, 5.74) is 1.87. The molecule has 21 heavy (non-hydrogen) atoms. The summed E-state index contributed by atoms with van der Waals surface area (Å²) in [6.07, 6.45) is 6.86. The van der Waals surface area contributed by atoms with Gasteiger partial charge in [0, 0.05) is 6.54 Å². The van der Waals surface area contributed by atoms with Crippen LogP contribution in [0.15, 0.2) is 18.2 Å². The Labute approximate surface area is 129 Å². The maximum Gasteiger partial charge on any atom is 0.337 e. The number of aryl methyl sites for hydroxylation is 2. The maximum atomic E-state index is 11.4. The van der Waals surface area contributed by atoms with Crippen molar-refractivity contribution in [2.24, 2.45) is 0 Å². The van der Waals surface area contributed by atoms with Gasteiger partial charge >= 0.3 is 5.97 Å². The first-order valence-electron chi connectivity index (χ1n) is 7.33. The zero-order chi connectivity index (χ0) is 15.2. The molecule has 1 aromatic heterocycles. The number of para-hydroxylation sites is 1. The lowest BCUT2D eigenvalue weighted by molar-refractivity contribution is 0.0698. The van der Waals surface area contributed by atoms with E-state index in [0.29, 0.717) is 5.56 Å². The predicted molar refractivity (Wildman–Crippen MR) is 88.3 cm³/mol. The molecule has 0 aliphatic rings. The van der Waals surface area contributed by atoms with E-state index in [1.54, 1.807) is 12.1 Å². The fraction of sp³-hybridized carbons (Fsp3) is 0.500. The van der Waals surface area contributed by atoms with Gasteiger partial charge in [-0.25, -0.2) is 9.78 Å². The third-order valence-corrected chi connectivity index (χ3v) is 4.37. The molecule has 0 aliphatic carbocycles. The number of hydrogen-bond donors (Lipinski definition) is 1. The molecule has 5 heteroatoms. The summed E-state index contributed by atoms with van der Waals surface area (Å²) in [6.45, 7) is 2.78. The van der Waals surface area contributed by atoms with Gasteiger partial charge in [0.05, 0.1) is 16.6 Å². The van der Waals surface area contributed by atoms with Crippen LogP contribution in [0.3, 0.4) is 0 Å². The highest BCUT2D eigenvalue weighted by molar-refractivity contribution is 7.98. The lowest BCUT2D eigenvalue weighted by Crippen LogP contribution is -2.05. The van der Waals surface area contributed by atoms with Gasteiger partial charge in [0.2, 0.25) is 0 Å². The van der Waals surface area contributed by atoms with Crippen LogP contribution in [-0.4, -0.2) is 32.6 Å². The van der Waals surface area contributed by atoms with E-state index < -0.39 is 5.97 Å². The zero-order valence-electron chi connectivity index (χ0n) is 12.6. The van der Waals surface area contributed by atoms with Crippen LogP contribution < -0.4 is 0 Å². The molecule has 2 aromatic rings. The van der Waals surface area contributed by atoms with Crippen molar-refractivity contribution in [2.75, 3.05) is 12.0 Å². The van der Waals surface area contributed by atoms with Gasteiger partial charge in [-0.15, -0.1) is 0 Å². The fourth-order valence-electron chi connectivity index (χ4n) is 2.62. The number of aromatic carboxylic acids is 1. The molecule has 0 saturated carbocycles. The van der Waals surface area contributed by atoms with Gasteiger partial charge in [-0.05, 0) is 43.9 Å². The minimum atomic E-state index is -0.887. The highest BCUT2D eigenvalue weighted by atomic mass is 32.2. The topological polar surface area (TPSA) is 55.1 Å². The minimum Gasteiger partial charge on any atom is -0.478 e.